The second-order valence-corrected chi connectivity index (χ2v) is 2.24. The molecule has 1 rings (SSSR count). The first-order valence-corrected chi connectivity index (χ1v) is 3.33. The number of hydrogen-bond donors (Lipinski definition) is 2. The second-order valence-electron chi connectivity index (χ2n) is 2.24. The minimum absolute atomic E-state index is 0.354. The molecule has 1 heterocycles. The van der Waals surface area contributed by atoms with Gasteiger partial charge >= 0.3 is 17.8 Å². The van der Waals surface area contributed by atoms with E-state index in [1.54, 1.807) is 0 Å². The van der Waals surface area contributed by atoms with Crippen molar-refractivity contribution in [2.24, 2.45) is 0 Å². The number of halogens is 3. The van der Waals surface area contributed by atoms with Crippen molar-refractivity contribution in [1.29, 1.82) is 0 Å². The summed E-state index contributed by atoms with van der Waals surface area (Å²) in [6.45, 7) is 0. The van der Waals surface area contributed by atoms with Gasteiger partial charge in [0.1, 0.15) is 5.82 Å². The van der Waals surface area contributed by atoms with E-state index >= 15 is 0 Å². The summed E-state index contributed by atoms with van der Waals surface area (Å²) in [7, 11) is 0. The van der Waals surface area contributed by atoms with Crippen LogP contribution in [0.3, 0.4) is 0 Å². The number of carbonyl (C=O) groups is 1. The fraction of sp³-hybridized carbons (Fsp3) is 0.167. The molecular weight excluding hydrogens is 203 g/mol. The quantitative estimate of drug-likeness (QED) is 0.694. The molecule has 0 aliphatic rings. The molecule has 0 saturated heterocycles. The molecule has 0 atom stereocenters. The minimum Gasteiger partial charge on any atom is -0.304 e. The number of aromatic nitrogens is 2. The van der Waals surface area contributed by atoms with Crippen molar-refractivity contribution in [3.05, 3.63) is 22.7 Å². The van der Waals surface area contributed by atoms with E-state index in [9.17, 15) is 22.8 Å². The predicted octanol–water partition coefficient (Wildman–Crippen LogP) is 0.271. The van der Waals surface area contributed by atoms with Gasteiger partial charge in [0.15, 0.2) is 0 Å². The number of H-pyrrole nitrogens is 1. The molecule has 0 unspecified atom stereocenters. The predicted molar refractivity (Wildman–Crippen MR) is 39.5 cm³/mol. The number of nitrogens with one attached hydrogen (secondary N) is 2. The van der Waals surface area contributed by atoms with Crippen LogP contribution in [0, 0.1) is 0 Å². The Balaban J connectivity index is 2.80. The Morgan fingerprint density at radius 1 is 1.50 bits per heavy atom. The average molecular weight is 207 g/mol. The van der Waals surface area contributed by atoms with Crippen molar-refractivity contribution < 1.29 is 18.0 Å². The molecule has 5 nitrogen and oxygen atoms in total. The number of anilines is 1. The lowest BCUT2D eigenvalue weighted by atomic mass is 10.5. The zero-order chi connectivity index (χ0) is 10.8. The fourth-order valence-corrected chi connectivity index (χ4v) is 0.635. The molecule has 0 saturated carbocycles. The number of carbonyl (C=O) groups excluding carboxylic acids is 1. The van der Waals surface area contributed by atoms with Gasteiger partial charge in [0, 0.05) is 6.20 Å². The van der Waals surface area contributed by atoms with Crippen molar-refractivity contribution in [2.45, 2.75) is 6.18 Å². The van der Waals surface area contributed by atoms with Crippen LogP contribution in [-0.2, 0) is 4.79 Å². The Morgan fingerprint density at radius 3 is 2.64 bits per heavy atom. The Morgan fingerprint density at radius 2 is 2.14 bits per heavy atom. The summed E-state index contributed by atoms with van der Waals surface area (Å²) < 4.78 is 35.1. The van der Waals surface area contributed by atoms with Crippen LogP contribution in [0.15, 0.2) is 17.1 Å². The van der Waals surface area contributed by atoms with Gasteiger partial charge < -0.3 is 5.32 Å². The smallest absolute Gasteiger partial charge is 0.304 e. The van der Waals surface area contributed by atoms with Gasteiger partial charge in [-0.2, -0.15) is 13.2 Å². The Hall–Kier alpha value is -1.86. The van der Waals surface area contributed by atoms with Crippen LogP contribution in [0.2, 0.25) is 0 Å². The van der Waals surface area contributed by atoms with Crippen LogP contribution >= 0.6 is 0 Å². The summed E-state index contributed by atoms with van der Waals surface area (Å²) in [5.74, 6) is -2.51. The number of nitrogens with zero attached hydrogens (tertiary/aromatic N) is 1. The van der Waals surface area contributed by atoms with Crippen LogP contribution in [-0.4, -0.2) is 22.1 Å². The Kier molecular flexibility index (Phi) is 2.54. The Labute approximate surface area is 75.0 Å². The molecule has 0 spiro atoms. The van der Waals surface area contributed by atoms with Gasteiger partial charge in [-0.1, -0.05) is 0 Å². The third-order valence-corrected chi connectivity index (χ3v) is 1.18. The van der Waals surface area contributed by atoms with Gasteiger partial charge in [-0.15, -0.1) is 0 Å². The number of amides is 1. The lowest BCUT2D eigenvalue weighted by Crippen LogP contribution is -2.31. The molecule has 1 amide bonds. The van der Waals surface area contributed by atoms with E-state index < -0.39 is 17.8 Å². The van der Waals surface area contributed by atoms with Crippen molar-refractivity contribution >= 4 is 11.7 Å². The van der Waals surface area contributed by atoms with E-state index in [-0.39, 0.29) is 5.82 Å². The lowest BCUT2D eigenvalue weighted by Gasteiger charge is -2.06. The monoisotopic (exact) mass is 207 g/mol. The first-order chi connectivity index (χ1) is 6.39. The number of rotatable bonds is 1. The van der Waals surface area contributed by atoms with E-state index in [0.717, 1.165) is 12.3 Å². The average Bonchev–Trinajstić information content (AvgIpc) is 2.02. The summed E-state index contributed by atoms with van der Waals surface area (Å²) in [5.41, 5.74) is -0.843. The van der Waals surface area contributed by atoms with Crippen LogP contribution in [0.1, 0.15) is 0 Å². The maximum absolute atomic E-state index is 11.7. The highest BCUT2D eigenvalue weighted by molar-refractivity contribution is 5.93. The van der Waals surface area contributed by atoms with E-state index in [1.807, 2.05) is 4.98 Å². The third-order valence-electron chi connectivity index (χ3n) is 1.18. The van der Waals surface area contributed by atoms with Gasteiger partial charge in [0.05, 0.1) is 0 Å². The summed E-state index contributed by atoms with van der Waals surface area (Å²) in [5, 5.41) is 1.46. The highest BCUT2D eigenvalue weighted by atomic mass is 19.4. The largest absolute Gasteiger partial charge is 0.471 e. The van der Waals surface area contributed by atoms with E-state index in [4.69, 9.17) is 0 Å². The summed E-state index contributed by atoms with van der Waals surface area (Å²) in [6, 6.07) is 1.03. The maximum atomic E-state index is 11.7. The van der Waals surface area contributed by atoms with Gasteiger partial charge in [-0.25, -0.2) is 9.78 Å². The molecule has 0 fully saturated rings. The van der Waals surface area contributed by atoms with E-state index in [2.05, 4.69) is 4.98 Å². The summed E-state index contributed by atoms with van der Waals surface area (Å²) in [6.07, 6.45) is -4.01. The van der Waals surface area contributed by atoms with Crippen LogP contribution in [0.5, 0.6) is 0 Å². The first-order valence-electron chi connectivity index (χ1n) is 3.33. The van der Waals surface area contributed by atoms with Gasteiger partial charge in [0.2, 0.25) is 0 Å². The number of alkyl halides is 3. The molecule has 0 aliphatic carbocycles. The van der Waals surface area contributed by atoms with Crippen molar-refractivity contribution in [2.75, 3.05) is 5.32 Å². The van der Waals surface area contributed by atoms with E-state index in [0.29, 0.717) is 0 Å². The van der Waals surface area contributed by atoms with Crippen molar-refractivity contribution in [3.63, 3.8) is 0 Å². The van der Waals surface area contributed by atoms with Crippen molar-refractivity contribution in [3.8, 4) is 0 Å². The van der Waals surface area contributed by atoms with Crippen LogP contribution < -0.4 is 11.0 Å². The molecule has 0 aromatic carbocycles. The fourth-order valence-electron chi connectivity index (χ4n) is 0.635. The molecule has 14 heavy (non-hydrogen) atoms. The van der Waals surface area contributed by atoms with Crippen molar-refractivity contribution in [1.82, 2.24) is 9.97 Å². The number of aromatic amines is 1. The summed E-state index contributed by atoms with van der Waals surface area (Å²) >= 11 is 0. The SMILES string of the molecule is O=C(Nc1ccnc(=O)[nH]1)C(F)(F)F. The normalized spacial score (nSPS) is 11.1. The highest BCUT2D eigenvalue weighted by Crippen LogP contribution is 2.16. The maximum Gasteiger partial charge on any atom is 0.471 e. The van der Waals surface area contributed by atoms with E-state index in [1.165, 1.54) is 5.32 Å². The molecule has 0 radical (unpaired) electrons. The highest BCUT2D eigenvalue weighted by Gasteiger charge is 2.38. The zero-order valence-electron chi connectivity index (χ0n) is 6.55. The molecule has 0 aliphatic heterocycles. The van der Waals surface area contributed by atoms with Gasteiger partial charge in [0.25, 0.3) is 0 Å². The molecule has 2 N–H and O–H groups in total. The van der Waals surface area contributed by atoms with Gasteiger partial charge in [-0.05, 0) is 6.07 Å². The standard InChI is InChI=1S/C6H4F3N3O2/c7-6(8,9)4(13)11-3-1-2-10-5(14)12-3/h1-2H,(H2,10,11,12,13,14). The lowest BCUT2D eigenvalue weighted by molar-refractivity contribution is -0.167. The molecule has 0 bridgehead atoms. The minimum atomic E-state index is -4.99. The number of hydrogen-bond acceptors (Lipinski definition) is 3. The Bertz CT molecular complexity index is 398. The topological polar surface area (TPSA) is 74.8 Å². The van der Waals surface area contributed by atoms with Gasteiger partial charge in [-0.3, -0.25) is 9.78 Å². The zero-order valence-corrected chi connectivity index (χ0v) is 6.55. The molecule has 1 aromatic rings. The van der Waals surface area contributed by atoms with Crippen LogP contribution in [0.25, 0.3) is 0 Å². The second kappa shape index (κ2) is 3.48. The van der Waals surface area contributed by atoms with Crippen LogP contribution in [0.4, 0.5) is 19.0 Å². The molecular formula is C6H4F3N3O2. The molecule has 1 aromatic heterocycles. The third kappa shape index (κ3) is 2.57. The molecule has 76 valence electrons. The first kappa shape index (κ1) is 10.2. The summed E-state index contributed by atoms with van der Waals surface area (Å²) in [4.78, 5) is 26.0. The molecule has 8 heteroatoms.